The minimum Gasteiger partial charge on any atom is -0.375 e. The third-order valence-corrected chi connectivity index (χ3v) is 1.26. The first-order valence-corrected chi connectivity index (χ1v) is 3.81. The van der Waals surface area contributed by atoms with Crippen LogP contribution in [0.15, 0.2) is 0 Å². The maximum Gasteiger partial charge on any atom is 0.102 e. The Morgan fingerprint density at radius 1 is 1.27 bits per heavy atom. The Morgan fingerprint density at radius 3 is 2.36 bits per heavy atom. The molecule has 0 radical (unpaired) electrons. The molecule has 0 saturated carbocycles. The smallest absolute Gasteiger partial charge is 0.102 e. The van der Waals surface area contributed by atoms with Crippen molar-refractivity contribution in [2.24, 2.45) is 0 Å². The molecule has 0 aliphatic heterocycles. The minimum atomic E-state index is 0.497. The third-order valence-electron chi connectivity index (χ3n) is 1.26. The van der Waals surface area contributed by atoms with Crippen molar-refractivity contribution in [1.82, 2.24) is 0 Å². The molecule has 3 heteroatoms. The molecule has 0 aliphatic rings. The van der Waals surface area contributed by atoms with Gasteiger partial charge in [0.2, 0.25) is 0 Å². The zero-order valence-electron chi connectivity index (χ0n) is 7.63. The molecule has 3 nitrogen and oxygen atoms in total. The minimum absolute atomic E-state index is 0.497. The van der Waals surface area contributed by atoms with E-state index >= 15 is 0 Å². The molecule has 0 saturated heterocycles. The largest absolute Gasteiger partial charge is 0.375 e. The van der Waals surface area contributed by atoms with Crippen LogP contribution in [-0.4, -0.2) is 45.4 Å². The summed E-state index contributed by atoms with van der Waals surface area (Å²) in [5, 5.41) is 8.19. The van der Waals surface area contributed by atoms with Crippen LogP contribution in [0.1, 0.15) is 6.42 Å². The predicted molar refractivity (Wildman–Crippen MR) is 43.9 cm³/mol. The highest BCUT2D eigenvalue weighted by Gasteiger charge is 2.04. The molecule has 0 aromatic carbocycles. The van der Waals surface area contributed by atoms with Crippen molar-refractivity contribution >= 4 is 0 Å². The normalized spacial score (nSPS) is 11.1. The Kier molecular flexibility index (Phi) is 4.84. The first-order chi connectivity index (χ1) is 5.06. The van der Waals surface area contributed by atoms with Crippen LogP contribution in [0.25, 0.3) is 0 Å². The summed E-state index contributed by atoms with van der Waals surface area (Å²) in [5.74, 6) is 0. The van der Waals surface area contributed by atoms with Crippen molar-refractivity contribution in [3.63, 3.8) is 0 Å². The van der Waals surface area contributed by atoms with Crippen molar-refractivity contribution in [3.8, 4) is 6.07 Å². The van der Waals surface area contributed by atoms with E-state index in [-0.39, 0.29) is 0 Å². The van der Waals surface area contributed by atoms with Gasteiger partial charge in [-0.2, -0.15) is 5.26 Å². The molecule has 0 aromatic heterocycles. The maximum absolute atomic E-state index is 8.19. The standard InChI is InChI=1S/C8H17N2O/c1-10(2,3)6-8-11-7-4-5-9/h4,6-8H2,1-3H3/q+1. The first kappa shape index (κ1) is 10.4. The van der Waals surface area contributed by atoms with E-state index in [0.29, 0.717) is 13.0 Å². The van der Waals surface area contributed by atoms with Crippen LogP contribution in [0.5, 0.6) is 0 Å². The number of quaternary nitrogens is 1. The summed E-state index contributed by atoms with van der Waals surface area (Å²) in [6.45, 7) is 2.30. The SMILES string of the molecule is C[N+](C)(C)CCOCCC#N. The summed E-state index contributed by atoms with van der Waals surface area (Å²) in [5.41, 5.74) is 0. The second kappa shape index (κ2) is 5.11. The van der Waals surface area contributed by atoms with E-state index in [9.17, 15) is 0 Å². The Morgan fingerprint density at radius 2 is 1.91 bits per heavy atom. The quantitative estimate of drug-likeness (QED) is 0.433. The highest BCUT2D eigenvalue weighted by molar-refractivity contribution is 4.66. The fourth-order valence-electron chi connectivity index (χ4n) is 0.558. The highest BCUT2D eigenvalue weighted by atomic mass is 16.5. The van der Waals surface area contributed by atoms with Gasteiger partial charge in [0.15, 0.2) is 0 Å². The Hall–Kier alpha value is -0.590. The van der Waals surface area contributed by atoms with Gasteiger partial charge in [-0.1, -0.05) is 0 Å². The molecule has 0 aromatic rings. The van der Waals surface area contributed by atoms with Gasteiger partial charge in [-0.05, 0) is 0 Å². The lowest BCUT2D eigenvalue weighted by atomic mass is 10.5. The molecular formula is C8H17N2O+. The number of hydrogen-bond acceptors (Lipinski definition) is 2. The van der Waals surface area contributed by atoms with Crippen molar-refractivity contribution in [3.05, 3.63) is 0 Å². The van der Waals surface area contributed by atoms with E-state index in [4.69, 9.17) is 10.00 Å². The number of nitrogens with zero attached hydrogens (tertiary/aromatic N) is 2. The molecule has 0 aliphatic carbocycles. The van der Waals surface area contributed by atoms with E-state index in [1.165, 1.54) is 0 Å². The van der Waals surface area contributed by atoms with Crippen LogP contribution in [-0.2, 0) is 4.74 Å². The summed E-state index contributed by atoms with van der Waals surface area (Å²) in [6, 6.07) is 2.04. The van der Waals surface area contributed by atoms with Gasteiger partial charge >= 0.3 is 0 Å². The zero-order chi connectivity index (χ0) is 8.74. The predicted octanol–water partition coefficient (Wildman–Crippen LogP) is 0.623. The number of hydrogen-bond donors (Lipinski definition) is 0. The van der Waals surface area contributed by atoms with Crippen molar-refractivity contribution < 1.29 is 9.22 Å². The van der Waals surface area contributed by atoms with Crippen LogP contribution >= 0.6 is 0 Å². The van der Waals surface area contributed by atoms with Crippen molar-refractivity contribution in [1.29, 1.82) is 5.26 Å². The van der Waals surface area contributed by atoms with Crippen LogP contribution in [0, 0.1) is 11.3 Å². The molecule has 64 valence electrons. The van der Waals surface area contributed by atoms with E-state index in [0.717, 1.165) is 17.6 Å². The zero-order valence-corrected chi connectivity index (χ0v) is 7.63. The van der Waals surface area contributed by atoms with Gasteiger partial charge in [0, 0.05) is 0 Å². The van der Waals surface area contributed by atoms with Crippen molar-refractivity contribution in [2.45, 2.75) is 6.42 Å². The summed E-state index contributed by atoms with van der Waals surface area (Å²) in [4.78, 5) is 0. The van der Waals surface area contributed by atoms with Gasteiger partial charge in [0.25, 0.3) is 0 Å². The van der Waals surface area contributed by atoms with Gasteiger partial charge in [0.1, 0.15) is 6.54 Å². The summed E-state index contributed by atoms with van der Waals surface area (Å²) >= 11 is 0. The van der Waals surface area contributed by atoms with E-state index < -0.39 is 0 Å². The molecule has 0 bridgehead atoms. The molecule has 0 atom stereocenters. The van der Waals surface area contributed by atoms with Gasteiger partial charge in [-0.15, -0.1) is 0 Å². The van der Waals surface area contributed by atoms with E-state index in [2.05, 4.69) is 21.1 Å². The molecular weight excluding hydrogens is 140 g/mol. The summed E-state index contributed by atoms with van der Waals surface area (Å²) in [7, 11) is 6.36. The summed E-state index contributed by atoms with van der Waals surface area (Å²) < 4.78 is 6.12. The molecule has 0 spiro atoms. The molecule has 11 heavy (non-hydrogen) atoms. The van der Waals surface area contributed by atoms with Crippen LogP contribution < -0.4 is 0 Å². The number of nitriles is 1. The Bertz CT molecular complexity index is 132. The average Bonchev–Trinajstić information content (AvgIpc) is 1.85. The van der Waals surface area contributed by atoms with Gasteiger partial charge < -0.3 is 9.22 Å². The molecule has 0 N–H and O–H groups in total. The molecule has 0 heterocycles. The lowest BCUT2D eigenvalue weighted by Gasteiger charge is -2.23. The van der Waals surface area contributed by atoms with Crippen molar-refractivity contribution in [2.75, 3.05) is 40.9 Å². The highest BCUT2D eigenvalue weighted by Crippen LogP contribution is 1.89. The lowest BCUT2D eigenvalue weighted by molar-refractivity contribution is -0.870. The second-order valence-corrected chi connectivity index (χ2v) is 3.53. The lowest BCUT2D eigenvalue weighted by Crippen LogP contribution is -2.37. The molecule has 0 amide bonds. The van der Waals surface area contributed by atoms with Gasteiger partial charge in [0.05, 0.1) is 46.8 Å². The topological polar surface area (TPSA) is 33.0 Å². The fraction of sp³-hybridized carbons (Fsp3) is 0.875. The number of ether oxygens (including phenoxy) is 1. The molecule has 0 fully saturated rings. The Balaban J connectivity index is 3.10. The first-order valence-electron chi connectivity index (χ1n) is 3.81. The van der Waals surface area contributed by atoms with E-state index in [1.807, 2.05) is 6.07 Å². The number of rotatable bonds is 5. The van der Waals surface area contributed by atoms with Crippen LogP contribution in [0.4, 0.5) is 0 Å². The Labute approximate surface area is 68.8 Å². The summed E-state index contributed by atoms with van der Waals surface area (Å²) in [6.07, 6.45) is 0.497. The molecule has 0 unspecified atom stereocenters. The average molecular weight is 157 g/mol. The van der Waals surface area contributed by atoms with Crippen LogP contribution in [0.3, 0.4) is 0 Å². The van der Waals surface area contributed by atoms with Crippen LogP contribution in [0.2, 0.25) is 0 Å². The fourth-order valence-corrected chi connectivity index (χ4v) is 0.558. The maximum atomic E-state index is 8.19. The second-order valence-electron chi connectivity index (χ2n) is 3.53. The van der Waals surface area contributed by atoms with E-state index in [1.54, 1.807) is 0 Å². The van der Waals surface area contributed by atoms with Gasteiger partial charge in [-0.25, -0.2) is 0 Å². The molecule has 0 rings (SSSR count). The van der Waals surface area contributed by atoms with Gasteiger partial charge in [-0.3, -0.25) is 0 Å². The number of likely N-dealkylation sites (N-methyl/N-ethyl adjacent to an activating group) is 1. The third kappa shape index (κ3) is 9.41. The monoisotopic (exact) mass is 157 g/mol.